The standard InChI is InChI=1S/C41H48F17NO7Si/c1-9-63-32(60)26(7)22-25(6)31(66-33(61)59-28-12-16-29(62-8)17-13-28)27-10-14-30(15-11-27)64-19-20-65-67(23(2)3,24(4)5)21-18-34(42,43)35(44,45)36(46,47)37(48,49)38(50,51)39(52,53)40(54,55)41(56,57)58/h10-17,22-25,31H,9,18-21H2,1-8H3,(H,59,61)/b26-22+/t25-,31+/m1/s1. The highest BCUT2D eigenvalue weighted by atomic mass is 28.4. The van der Waals surface area contributed by atoms with E-state index < -0.39 is 117 Å². The van der Waals surface area contributed by atoms with Gasteiger partial charge in [-0.05, 0) is 72.9 Å². The lowest BCUT2D eigenvalue weighted by atomic mass is 9.88. The van der Waals surface area contributed by atoms with Crippen LogP contribution in [0.3, 0.4) is 0 Å². The van der Waals surface area contributed by atoms with Gasteiger partial charge in [0.15, 0.2) is 8.32 Å². The molecule has 0 saturated carbocycles. The number of rotatable bonds is 24. The molecule has 26 heteroatoms. The van der Waals surface area contributed by atoms with E-state index in [1.165, 1.54) is 72.1 Å². The predicted octanol–water partition coefficient (Wildman–Crippen LogP) is 13.7. The first-order chi connectivity index (χ1) is 30.4. The number of alkyl halides is 17. The van der Waals surface area contributed by atoms with E-state index in [1.54, 1.807) is 38.1 Å². The van der Waals surface area contributed by atoms with Gasteiger partial charge in [0.2, 0.25) is 0 Å². The number of methoxy groups -OCH3 is 1. The van der Waals surface area contributed by atoms with Gasteiger partial charge in [0.05, 0.1) is 20.3 Å². The van der Waals surface area contributed by atoms with Gasteiger partial charge in [0.25, 0.3) is 0 Å². The SMILES string of the molecule is CCOC(=O)/C(C)=C/[C@@H](C)[C@H](OC(=O)Nc1ccc(OC)cc1)c1ccc(OCCO[Si](CCC(F)(F)C(F)(F)C(F)(F)C(F)(F)C(F)(F)C(F)(F)C(F)(F)C(F)(F)F)(C(C)C)C(C)C)cc1. The van der Waals surface area contributed by atoms with Gasteiger partial charge in [-0.25, -0.2) is 9.59 Å². The number of carbonyl (C=O) groups excluding carboxylic acids is 2. The van der Waals surface area contributed by atoms with E-state index in [4.69, 9.17) is 23.4 Å². The third-order valence-corrected chi connectivity index (χ3v) is 16.3. The van der Waals surface area contributed by atoms with E-state index in [-0.39, 0.29) is 17.9 Å². The number of anilines is 1. The Bertz CT molecular complexity index is 1970. The fourth-order valence-corrected chi connectivity index (χ4v) is 11.2. The Morgan fingerprint density at radius 2 is 1.12 bits per heavy atom. The molecular weight excluding hydrogens is 970 g/mol. The van der Waals surface area contributed by atoms with E-state index in [0.717, 1.165) is 0 Å². The van der Waals surface area contributed by atoms with E-state index >= 15 is 8.78 Å². The van der Waals surface area contributed by atoms with Crippen molar-refractivity contribution >= 4 is 26.1 Å². The molecule has 0 radical (unpaired) electrons. The van der Waals surface area contributed by atoms with E-state index in [9.17, 15) is 75.4 Å². The lowest BCUT2D eigenvalue weighted by Gasteiger charge is -2.44. The molecule has 0 unspecified atom stereocenters. The van der Waals surface area contributed by atoms with Gasteiger partial charge in [-0.2, -0.15) is 74.6 Å². The summed E-state index contributed by atoms with van der Waals surface area (Å²) in [6.07, 6.45) is -10.8. The van der Waals surface area contributed by atoms with Crippen molar-refractivity contribution in [3.8, 4) is 11.5 Å². The molecule has 1 N–H and O–H groups in total. The van der Waals surface area contributed by atoms with Crippen LogP contribution in [0.15, 0.2) is 60.2 Å². The summed E-state index contributed by atoms with van der Waals surface area (Å²) in [5, 5.41) is 2.56. The zero-order chi connectivity index (χ0) is 52.0. The van der Waals surface area contributed by atoms with E-state index in [1.807, 2.05) is 0 Å². The molecule has 0 aromatic heterocycles. The molecule has 382 valence electrons. The van der Waals surface area contributed by atoms with Crippen LogP contribution < -0.4 is 14.8 Å². The van der Waals surface area contributed by atoms with Gasteiger partial charge >= 0.3 is 59.7 Å². The minimum absolute atomic E-state index is 0.0862. The highest BCUT2D eigenvalue weighted by Gasteiger charge is 2.95. The van der Waals surface area contributed by atoms with Crippen LogP contribution in [0, 0.1) is 5.92 Å². The van der Waals surface area contributed by atoms with Crippen LogP contribution in [-0.2, 0) is 18.7 Å². The van der Waals surface area contributed by atoms with Gasteiger partial charge in [-0.15, -0.1) is 0 Å². The molecule has 67 heavy (non-hydrogen) atoms. The molecule has 0 spiro atoms. The summed E-state index contributed by atoms with van der Waals surface area (Å²) < 4.78 is 263. The minimum Gasteiger partial charge on any atom is -0.497 e. The third-order valence-electron chi connectivity index (χ3n) is 10.7. The Balaban J connectivity index is 2.32. The second kappa shape index (κ2) is 21.4. The van der Waals surface area contributed by atoms with Gasteiger partial charge in [-0.1, -0.05) is 52.8 Å². The van der Waals surface area contributed by atoms with Crippen LogP contribution >= 0.6 is 0 Å². The van der Waals surface area contributed by atoms with Crippen molar-refractivity contribution in [2.24, 2.45) is 5.92 Å². The fraction of sp³-hybridized carbons (Fsp3) is 0.610. The first-order valence-corrected chi connectivity index (χ1v) is 22.2. The molecule has 2 atom stereocenters. The maximum atomic E-state index is 15.0. The van der Waals surface area contributed by atoms with Gasteiger partial charge in [-0.3, -0.25) is 5.32 Å². The lowest BCUT2D eigenvalue weighted by molar-refractivity contribution is -0.461. The fourth-order valence-electron chi connectivity index (χ4n) is 6.71. The Labute approximate surface area is 374 Å². The van der Waals surface area contributed by atoms with Gasteiger partial charge < -0.3 is 23.4 Å². The molecule has 2 rings (SSSR count). The number of nitrogens with one attached hydrogen (secondary N) is 1. The van der Waals surface area contributed by atoms with Crippen LogP contribution in [0.25, 0.3) is 0 Å². The molecular formula is C41H48F17NO7Si. The van der Waals surface area contributed by atoms with Crippen molar-refractivity contribution in [2.75, 3.05) is 32.2 Å². The van der Waals surface area contributed by atoms with Crippen LogP contribution in [-0.4, -0.2) is 94.9 Å². The number of ether oxygens (including phenoxy) is 4. The molecule has 0 saturated heterocycles. The van der Waals surface area contributed by atoms with Crippen LogP contribution in [0.2, 0.25) is 17.1 Å². The lowest BCUT2D eigenvalue weighted by Crippen LogP contribution is -2.74. The number of halogens is 17. The molecule has 0 bridgehead atoms. The summed E-state index contributed by atoms with van der Waals surface area (Å²) in [6.45, 7) is 9.09. The number of amides is 1. The molecule has 0 aliphatic heterocycles. The number of carbonyl (C=O) groups is 2. The number of hydrogen-bond acceptors (Lipinski definition) is 7. The number of esters is 1. The maximum Gasteiger partial charge on any atom is 0.460 e. The molecule has 0 fully saturated rings. The molecule has 0 aliphatic carbocycles. The monoisotopic (exact) mass is 1020 g/mol. The minimum atomic E-state index is -8.70. The zero-order valence-electron chi connectivity index (χ0n) is 36.8. The quantitative estimate of drug-likeness (QED) is 0.0368. The summed E-state index contributed by atoms with van der Waals surface area (Å²) in [4.78, 5) is 25.3. The second-order valence-electron chi connectivity index (χ2n) is 15.8. The van der Waals surface area contributed by atoms with Crippen molar-refractivity contribution in [1.82, 2.24) is 0 Å². The van der Waals surface area contributed by atoms with Gasteiger partial charge in [0, 0.05) is 23.6 Å². The Morgan fingerprint density at radius 1 is 0.657 bits per heavy atom. The van der Waals surface area contributed by atoms with Crippen LogP contribution in [0.4, 0.5) is 85.1 Å². The van der Waals surface area contributed by atoms with Crippen LogP contribution in [0.1, 0.15) is 66.6 Å². The smallest absolute Gasteiger partial charge is 0.460 e. The van der Waals surface area contributed by atoms with Crippen molar-refractivity contribution < 1.29 is 108 Å². The first-order valence-electron chi connectivity index (χ1n) is 19.9. The summed E-state index contributed by atoms with van der Waals surface area (Å²) >= 11 is 0. The third kappa shape index (κ3) is 12.0. The van der Waals surface area contributed by atoms with Gasteiger partial charge in [0.1, 0.15) is 24.2 Å². The van der Waals surface area contributed by atoms with Crippen molar-refractivity contribution in [1.29, 1.82) is 0 Å². The Hall–Kier alpha value is -4.49. The highest BCUT2D eigenvalue weighted by Crippen LogP contribution is 2.64. The molecule has 0 aliphatic rings. The molecule has 2 aromatic carbocycles. The number of hydrogen-bond donors (Lipinski definition) is 1. The van der Waals surface area contributed by atoms with Crippen molar-refractivity contribution in [3.63, 3.8) is 0 Å². The first kappa shape index (κ1) is 58.6. The van der Waals surface area contributed by atoms with Crippen LogP contribution in [0.5, 0.6) is 11.5 Å². The Kier molecular flexibility index (Phi) is 18.8. The summed E-state index contributed by atoms with van der Waals surface area (Å²) in [6, 6.07) is 10.6. The predicted molar refractivity (Wildman–Crippen MR) is 209 cm³/mol. The number of benzene rings is 2. The highest BCUT2D eigenvalue weighted by molar-refractivity contribution is 6.76. The summed E-state index contributed by atoms with van der Waals surface area (Å²) in [5.74, 6) is -57.5. The second-order valence-corrected chi connectivity index (χ2v) is 20.8. The molecule has 2 aromatic rings. The van der Waals surface area contributed by atoms with E-state index in [0.29, 0.717) is 17.0 Å². The normalized spacial score (nSPS) is 15.1. The molecule has 8 nitrogen and oxygen atoms in total. The topological polar surface area (TPSA) is 92.3 Å². The van der Waals surface area contributed by atoms with Crippen molar-refractivity contribution in [2.45, 2.75) is 126 Å². The average Bonchev–Trinajstić information content (AvgIpc) is 3.22. The molecule has 0 heterocycles. The van der Waals surface area contributed by atoms with Crippen molar-refractivity contribution in [3.05, 3.63) is 65.7 Å². The van der Waals surface area contributed by atoms with E-state index in [2.05, 4.69) is 5.32 Å². The largest absolute Gasteiger partial charge is 0.497 e. The average molecular weight is 1020 g/mol. The Morgan fingerprint density at radius 3 is 1.57 bits per heavy atom. The zero-order valence-corrected chi connectivity index (χ0v) is 37.8. The maximum absolute atomic E-state index is 15.0. The summed E-state index contributed by atoms with van der Waals surface area (Å²) in [7, 11) is -2.58. The summed E-state index contributed by atoms with van der Waals surface area (Å²) in [5.41, 5.74) is -0.877. The molecule has 1 amide bonds.